The van der Waals surface area contributed by atoms with E-state index in [0.717, 1.165) is 43.4 Å². The number of rotatable bonds is 6. The van der Waals surface area contributed by atoms with Crippen LogP contribution in [0, 0.1) is 35.2 Å². The van der Waals surface area contributed by atoms with Crippen LogP contribution in [0.5, 0.6) is 0 Å². The van der Waals surface area contributed by atoms with Crippen molar-refractivity contribution in [3.63, 3.8) is 0 Å². The fourth-order valence-corrected chi connectivity index (χ4v) is 5.08. The van der Waals surface area contributed by atoms with Crippen molar-refractivity contribution in [3.05, 3.63) is 35.1 Å². The summed E-state index contributed by atoms with van der Waals surface area (Å²) in [5.74, 6) is -0.629. The van der Waals surface area contributed by atoms with Gasteiger partial charge in [0.1, 0.15) is 0 Å². The summed E-state index contributed by atoms with van der Waals surface area (Å²) in [6.07, 6.45) is 15.3. The van der Waals surface area contributed by atoms with Crippen molar-refractivity contribution >= 4 is 0 Å². The third-order valence-corrected chi connectivity index (χ3v) is 6.93. The Kier molecular flexibility index (Phi) is 7.05. The van der Waals surface area contributed by atoms with E-state index in [2.05, 4.69) is 6.92 Å². The van der Waals surface area contributed by atoms with Crippen molar-refractivity contribution in [2.45, 2.75) is 89.9 Å². The Labute approximate surface area is 159 Å². The van der Waals surface area contributed by atoms with Gasteiger partial charge in [0.25, 0.3) is 0 Å². The molecule has 0 nitrogen and oxygen atoms in total. The van der Waals surface area contributed by atoms with Crippen molar-refractivity contribution in [2.75, 3.05) is 0 Å². The van der Waals surface area contributed by atoms with E-state index in [-0.39, 0.29) is 8.77 Å². The lowest BCUT2D eigenvalue weighted by Gasteiger charge is -2.29. The zero-order valence-electron chi connectivity index (χ0n) is 16.1. The van der Waals surface area contributed by atoms with Gasteiger partial charge in [0.15, 0.2) is 17.5 Å². The summed E-state index contributed by atoms with van der Waals surface area (Å²) in [4.78, 5) is 0. The highest BCUT2D eigenvalue weighted by molar-refractivity contribution is 5.23. The molecule has 3 rings (SSSR count). The van der Waals surface area contributed by atoms with Gasteiger partial charge in [-0.1, -0.05) is 58.3 Å². The number of hydrogen-bond donors (Lipinski definition) is 0. The van der Waals surface area contributed by atoms with Gasteiger partial charge in [-0.25, -0.2) is 13.2 Å². The first kappa shape index (κ1) is 19.8. The average Bonchev–Trinajstić information content (AvgIpc) is 2.65. The number of halogens is 3. The van der Waals surface area contributed by atoms with Crippen LogP contribution in [0.4, 0.5) is 13.2 Å². The molecule has 0 spiro atoms. The third-order valence-electron chi connectivity index (χ3n) is 6.93. The molecule has 0 aromatic heterocycles. The molecule has 0 amide bonds. The SMILES string of the molecule is CC1CCC(CCCCC2CCC(c3cc(F)c(F)c(F)c3)CC2)CC1.[HH].[HH]. The molecule has 2 aliphatic rings. The molecule has 0 heterocycles. The predicted molar refractivity (Wildman–Crippen MR) is 105 cm³/mol. The maximum Gasteiger partial charge on any atom is 0.194 e. The van der Waals surface area contributed by atoms with Crippen LogP contribution in [0.25, 0.3) is 0 Å². The largest absolute Gasteiger partial charge is 0.204 e. The molecule has 150 valence electrons. The monoisotopic (exact) mass is 370 g/mol. The smallest absolute Gasteiger partial charge is 0.194 e. The summed E-state index contributed by atoms with van der Waals surface area (Å²) in [6, 6.07) is 2.38. The van der Waals surface area contributed by atoms with E-state index in [0.29, 0.717) is 5.56 Å². The fourth-order valence-electron chi connectivity index (χ4n) is 5.08. The van der Waals surface area contributed by atoms with Crippen molar-refractivity contribution in [3.8, 4) is 0 Å². The number of hydrogen-bond acceptors (Lipinski definition) is 0. The van der Waals surface area contributed by atoms with Gasteiger partial charge in [-0.2, -0.15) is 0 Å². The van der Waals surface area contributed by atoms with E-state index in [1.165, 1.54) is 63.5 Å². The number of benzene rings is 1. The number of unbranched alkanes of at least 4 members (excludes halogenated alkanes) is 1. The average molecular weight is 371 g/mol. The van der Waals surface area contributed by atoms with Crippen LogP contribution < -0.4 is 0 Å². The van der Waals surface area contributed by atoms with Crippen molar-refractivity contribution in [1.29, 1.82) is 0 Å². The molecular formula is C23H37F3. The van der Waals surface area contributed by atoms with E-state index >= 15 is 0 Å². The van der Waals surface area contributed by atoms with Crippen molar-refractivity contribution in [1.82, 2.24) is 0 Å². The van der Waals surface area contributed by atoms with E-state index in [1.807, 2.05) is 0 Å². The lowest BCUT2D eigenvalue weighted by Crippen LogP contribution is -2.14. The zero-order chi connectivity index (χ0) is 18.5. The van der Waals surface area contributed by atoms with E-state index in [1.54, 1.807) is 0 Å². The molecule has 2 fully saturated rings. The highest BCUT2D eigenvalue weighted by Gasteiger charge is 2.24. The van der Waals surface area contributed by atoms with Crippen LogP contribution in [0.15, 0.2) is 12.1 Å². The standard InChI is InChI=1S/C23H33F3.2H2/c1-16-6-8-17(9-7-16)4-2-3-5-18-10-12-19(13-11-18)20-14-21(24)23(26)22(25)15-20;;/h14-19H,2-13H2,1H3;2*1H. The Morgan fingerprint density at radius 1 is 0.769 bits per heavy atom. The van der Waals surface area contributed by atoms with Gasteiger partial charge in [0.2, 0.25) is 0 Å². The second kappa shape index (κ2) is 9.28. The van der Waals surface area contributed by atoms with Gasteiger partial charge in [-0.05, 0) is 67.1 Å². The summed E-state index contributed by atoms with van der Waals surface area (Å²) >= 11 is 0. The first-order chi connectivity index (χ1) is 12.5. The molecule has 0 aliphatic heterocycles. The molecule has 0 saturated heterocycles. The van der Waals surface area contributed by atoms with Crippen LogP contribution in [-0.2, 0) is 0 Å². The van der Waals surface area contributed by atoms with Gasteiger partial charge in [-0.3, -0.25) is 0 Å². The van der Waals surface area contributed by atoms with Crippen LogP contribution in [-0.4, -0.2) is 0 Å². The molecular weight excluding hydrogens is 333 g/mol. The Morgan fingerprint density at radius 3 is 1.73 bits per heavy atom. The second-order valence-electron chi connectivity index (χ2n) is 8.93. The van der Waals surface area contributed by atoms with Gasteiger partial charge in [0, 0.05) is 2.85 Å². The molecule has 0 bridgehead atoms. The minimum absolute atomic E-state index is 0. The van der Waals surface area contributed by atoms with E-state index < -0.39 is 17.5 Å². The summed E-state index contributed by atoms with van der Waals surface area (Å²) in [7, 11) is 0. The first-order valence-electron chi connectivity index (χ1n) is 10.7. The normalized spacial score (nSPS) is 29.7. The van der Waals surface area contributed by atoms with E-state index in [9.17, 15) is 13.2 Å². The molecule has 2 saturated carbocycles. The predicted octanol–water partition coefficient (Wildman–Crippen LogP) is 8.26. The minimum atomic E-state index is -1.35. The summed E-state index contributed by atoms with van der Waals surface area (Å²) < 4.78 is 40.0. The maximum absolute atomic E-state index is 13.4. The van der Waals surface area contributed by atoms with Crippen molar-refractivity contribution in [2.24, 2.45) is 17.8 Å². The fraction of sp³-hybridized carbons (Fsp3) is 0.739. The molecule has 2 aliphatic carbocycles. The highest BCUT2D eigenvalue weighted by atomic mass is 19.2. The molecule has 0 unspecified atom stereocenters. The Bertz CT molecular complexity index is 554. The molecule has 0 N–H and O–H groups in total. The molecule has 0 radical (unpaired) electrons. The van der Waals surface area contributed by atoms with Crippen molar-refractivity contribution < 1.29 is 16.0 Å². The Morgan fingerprint density at radius 2 is 1.23 bits per heavy atom. The first-order valence-corrected chi connectivity index (χ1v) is 10.7. The lowest BCUT2D eigenvalue weighted by molar-refractivity contribution is 0.262. The maximum atomic E-state index is 13.4. The Balaban J connectivity index is 0.00000196. The molecule has 0 atom stereocenters. The minimum Gasteiger partial charge on any atom is -0.204 e. The highest BCUT2D eigenvalue weighted by Crippen LogP contribution is 2.39. The van der Waals surface area contributed by atoms with Crippen LogP contribution in [0.1, 0.15) is 98.3 Å². The van der Waals surface area contributed by atoms with Gasteiger partial charge in [0.05, 0.1) is 0 Å². The molecule has 26 heavy (non-hydrogen) atoms. The summed E-state index contributed by atoms with van der Waals surface area (Å²) in [5.41, 5.74) is 0.631. The van der Waals surface area contributed by atoms with Crippen LogP contribution >= 0.6 is 0 Å². The topological polar surface area (TPSA) is 0 Å². The lowest BCUT2D eigenvalue weighted by atomic mass is 9.76. The quantitative estimate of drug-likeness (QED) is 0.349. The van der Waals surface area contributed by atoms with Gasteiger partial charge >= 0.3 is 0 Å². The van der Waals surface area contributed by atoms with Crippen LogP contribution in [0.3, 0.4) is 0 Å². The van der Waals surface area contributed by atoms with Gasteiger partial charge in [-0.15, -0.1) is 0 Å². The van der Waals surface area contributed by atoms with Gasteiger partial charge < -0.3 is 0 Å². The second-order valence-corrected chi connectivity index (χ2v) is 8.93. The Hall–Kier alpha value is -0.990. The third kappa shape index (κ3) is 5.27. The summed E-state index contributed by atoms with van der Waals surface area (Å²) in [5, 5.41) is 0. The zero-order valence-corrected chi connectivity index (χ0v) is 16.1. The molecule has 1 aromatic carbocycles. The summed E-state index contributed by atoms with van der Waals surface area (Å²) in [6.45, 7) is 2.38. The molecule has 1 aromatic rings. The molecule has 3 heteroatoms. The van der Waals surface area contributed by atoms with Crippen LogP contribution in [0.2, 0.25) is 0 Å². The van der Waals surface area contributed by atoms with E-state index in [4.69, 9.17) is 0 Å².